The number of hydrogen-bond acceptors (Lipinski definition) is 2. The summed E-state index contributed by atoms with van der Waals surface area (Å²) in [6.07, 6.45) is 0. The number of benzene rings is 3. The summed E-state index contributed by atoms with van der Waals surface area (Å²) in [6, 6.07) is 0. The first-order chi connectivity index (χ1) is 15.7. The number of halogens is 12. The highest BCUT2D eigenvalue weighted by molar-refractivity contribution is 7.99. The molecule has 0 bridgehead atoms. The Kier molecular flexibility index (Phi) is 7.14. The molecule has 0 unspecified atom stereocenters. The summed E-state index contributed by atoms with van der Waals surface area (Å²) in [4.78, 5) is -6.97. The molecule has 3 rings (SSSR count). The highest BCUT2D eigenvalue weighted by Crippen LogP contribution is 2.44. The third-order valence-corrected chi connectivity index (χ3v) is 6.73. The zero-order valence-corrected chi connectivity index (χ0v) is 18.0. The van der Waals surface area contributed by atoms with Crippen LogP contribution in [0.25, 0.3) is 0 Å². The molecule has 0 nitrogen and oxygen atoms in total. The van der Waals surface area contributed by atoms with Gasteiger partial charge in [-0.05, 0) is 13.8 Å². The second kappa shape index (κ2) is 9.29. The largest absolute Gasteiger partial charge is 0.203 e. The van der Waals surface area contributed by atoms with Gasteiger partial charge in [0.15, 0.2) is 69.8 Å². The molecule has 34 heavy (non-hydrogen) atoms. The maximum absolute atomic E-state index is 14.5. The van der Waals surface area contributed by atoms with E-state index in [1.165, 1.54) is 0 Å². The van der Waals surface area contributed by atoms with E-state index in [0.29, 0.717) is 13.8 Å². The Morgan fingerprint density at radius 2 is 0.441 bits per heavy atom. The van der Waals surface area contributed by atoms with E-state index in [2.05, 4.69) is 0 Å². The summed E-state index contributed by atoms with van der Waals surface area (Å²) < 4.78 is 169. The van der Waals surface area contributed by atoms with E-state index in [-0.39, 0.29) is 0 Å². The highest BCUT2D eigenvalue weighted by Gasteiger charge is 2.33. The van der Waals surface area contributed by atoms with Gasteiger partial charge < -0.3 is 0 Å². The minimum absolute atomic E-state index is 0.646. The van der Waals surface area contributed by atoms with Gasteiger partial charge in [-0.1, -0.05) is 23.5 Å². The van der Waals surface area contributed by atoms with Crippen molar-refractivity contribution in [1.29, 1.82) is 0 Å². The van der Waals surface area contributed by atoms with Crippen LogP contribution >= 0.6 is 23.5 Å². The van der Waals surface area contributed by atoms with Crippen LogP contribution in [0.15, 0.2) is 19.6 Å². The Labute approximate surface area is 191 Å². The van der Waals surface area contributed by atoms with Crippen LogP contribution in [0, 0.1) is 83.7 Å². The molecular formula is C20H6F12S2. The lowest BCUT2D eigenvalue weighted by Gasteiger charge is -2.14. The molecule has 0 aromatic heterocycles. The van der Waals surface area contributed by atoms with Gasteiger partial charge in [-0.3, -0.25) is 0 Å². The Morgan fingerprint density at radius 1 is 0.294 bits per heavy atom. The number of rotatable bonds is 4. The molecular weight excluding hydrogens is 532 g/mol. The van der Waals surface area contributed by atoms with Gasteiger partial charge in [-0.15, -0.1) is 0 Å². The molecule has 182 valence electrons. The molecule has 0 aliphatic carbocycles. The standard InChI is InChI=1S/C20H6F12S2/c1-3-5(21)9(25)17(10(26)6(3)22)33-19-13(29)15(31)20(16(32)14(19)30)34-18-11(27)7(23)4(2)8(24)12(18)28/h1-2H3. The summed E-state index contributed by atoms with van der Waals surface area (Å²) in [7, 11) is 0. The van der Waals surface area contributed by atoms with Gasteiger partial charge in [-0.2, -0.15) is 0 Å². The molecule has 0 spiro atoms. The van der Waals surface area contributed by atoms with Crippen molar-refractivity contribution in [3.8, 4) is 0 Å². The van der Waals surface area contributed by atoms with E-state index < -0.39 is 124 Å². The van der Waals surface area contributed by atoms with Crippen LogP contribution in [0.5, 0.6) is 0 Å². The summed E-state index contributed by atoms with van der Waals surface area (Å²) in [6.45, 7) is 1.29. The van der Waals surface area contributed by atoms with Crippen molar-refractivity contribution >= 4 is 23.5 Å². The predicted octanol–water partition coefficient (Wildman–Crippen LogP) is 8.28. The van der Waals surface area contributed by atoms with Crippen LogP contribution in [-0.2, 0) is 0 Å². The van der Waals surface area contributed by atoms with Crippen LogP contribution in [0.3, 0.4) is 0 Å². The quantitative estimate of drug-likeness (QED) is 0.242. The Morgan fingerprint density at radius 3 is 0.618 bits per heavy atom. The van der Waals surface area contributed by atoms with Crippen LogP contribution < -0.4 is 0 Å². The zero-order valence-electron chi connectivity index (χ0n) is 16.4. The van der Waals surface area contributed by atoms with E-state index in [0.717, 1.165) is 0 Å². The minimum Gasteiger partial charge on any atom is -0.203 e. The summed E-state index contributed by atoms with van der Waals surface area (Å²) in [5.41, 5.74) is -2.24. The number of hydrogen-bond donors (Lipinski definition) is 0. The van der Waals surface area contributed by atoms with Crippen LogP contribution in [-0.4, -0.2) is 0 Å². The molecule has 0 aliphatic heterocycles. The van der Waals surface area contributed by atoms with Gasteiger partial charge in [0.2, 0.25) is 0 Å². The van der Waals surface area contributed by atoms with E-state index in [4.69, 9.17) is 0 Å². The Balaban J connectivity index is 2.18. The fraction of sp³-hybridized carbons (Fsp3) is 0.100. The van der Waals surface area contributed by atoms with Crippen molar-refractivity contribution in [3.05, 3.63) is 80.9 Å². The summed E-state index contributed by atoms with van der Waals surface area (Å²) in [5, 5.41) is 0. The van der Waals surface area contributed by atoms with Crippen molar-refractivity contribution < 1.29 is 52.7 Å². The topological polar surface area (TPSA) is 0 Å². The highest BCUT2D eigenvalue weighted by atomic mass is 32.2. The van der Waals surface area contributed by atoms with E-state index in [1.54, 1.807) is 0 Å². The lowest BCUT2D eigenvalue weighted by molar-refractivity contribution is 0.397. The Hall–Kier alpha value is -2.48. The second-order valence-electron chi connectivity index (χ2n) is 6.54. The molecule has 0 saturated carbocycles. The Bertz CT molecular complexity index is 1160. The summed E-state index contributed by atoms with van der Waals surface area (Å²) >= 11 is -1.50. The molecule has 0 amide bonds. The normalized spacial score (nSPS) is 11.5. The van der Waals surface area contributed by atoms with Gasteiger partial charge in [0.05, 0.1) is 19.6 Å². The molecule has 0 atom stereocenters. The fourth-order valence-corrected chi connectivity index (χ4v) is 4.44. The second-order valence-corrected chi connectivity index (χ2v) is 8.58. The molecule has 3 aromatic rings. The third-order valence-electron chi connectivity index (χ3n) is 4.48. The third kappa shape index (κ3) is 4.00. The molecule has 0 aliphatic rings. The monoisotopic (exact) mass is 538 g/mol. The smallest absolute Gasteiger partial charge is 0.177 e. The van der Waals surface area contributed by atoms with Crippen molar-refractivity contribution in [3.63, 3.8) is 0 Å². The zero-order chi connectivity index (χ0) is 25.8. The van der Waals surface area contributed by atoms with Crippen LogP contribution in [0.4, 0.5) is 52.7 Å². The van der Waals surface area contributed by atoms with Gasteiger partial charge in [0.25, 0.3) is 0 Å². The van der Waals surface area contributed by atoms with Gasteiger partial charge in [0.1, 0.15) is 0 Å². The maximum atomic E-state index is 14.5. The van der Waals surface area contributed by atoms with E-state index in [1.807, 2.05) is 0 Å². The van der Waals surface area contributed by atoms with Crippen molar-refractivity contribution in [2.45, 2.75) is 33.4 Å². The summed E-state index contributed by atoms with van der Waals surface area (Å²) in [5.74, 6) is -25.7. The van der Waals surface area contributed by atoms with Crippen molar-refractivity contribution in [1.82, 2.24) is 0 Å². The average molecular weight is 538 g/mol. The molecule has 0 saturated heterocycles. The van der Waals surface area contributed by atoms with Gasteiger partial charge in [-0.25, -0.2) is 52.7 Å². The molecule has 0 N–H and O–H groups in total. The first-order valence-electron chi connectivity index (χ1n) is 8.58. The first kappa shape index (κ1) is 26.1. The van der Waals surface area contributed by atoms with E-state index in [9.17, 15) is 52.7 Å². The van der Waals surface area contributed by atoms with Crippen molar-refractivity contribution in [2.75, 3.05) is 0 Å². The molecule has 0 fully saturated rings. The molecule has 0 heterocycles. The predicted molar refractivity (Wildman–Crippen MR) is 96.5 cm³/mol. The maximum Gasteiger partial charge on any atom is 0.177 e. The molecule has 14 heteroatoms. The minimum atomic E-state index is -2.37. The van der Waals surface area contributed by atoms with Gasteiger partial charge in [0, 0.05) is 11.1 Å². The van der Waals surface area contributed by atoms with Crippen LogP contribution in [0.1, 0.15) is 11.1 Å². The lowest BCUT2D eigenvalue weighted by Crippen LogP contribution is -2.06. The lowest BCUT2D eigenvalue weighted by atomic mass is 10.2. The van der Waals surface area contributed by atoms with Crippen LogP contribution in [0.2, 0.25) is 0 Å². The molecule has 3 aromatic carbocycles. The first-order valence-corrected chi connectivity index (χ1v) is 10.2. The fourth-order valence-electron chi connectivity index (χ4n) is 2.60. The van der Waals surface area contributed by atoms with Crippen molar-refractivity contribution in [2.24, 2.45) is 0 Å². The molecule has 0 radical (unpaired) electrons. The van der Waals surface area contributed by atoms with E-state index >= 15 is 0 Å². The SMILES string of the molecule is Cc1c(F)c(F)c(Sc2c(F)c(F)c(Sc3c(F)c(F)c(C)c(F)c3F)c(F)c2F)c(F)c1F. The average Bonchev–Trinajstić information content (AvgIpc) is 2.81. The van der Waals surface area contributed by atoms with Gasteiger partial charge >= 0.3 is 0 Å².